The molecule has 0 radical (unpaired) electrons. The Morgan fingerprint density at radius 1 is 0.967 bits per heavy atom. The van der Waals surface area contributed by atoms with Crippen LogP contribution >= 0.6 is 23.2 Å². The molecule has 156 valence electrons. The molecule has 0 spiro atoms. The van der Waals surface area contributed by atoms with Gasteiger partial charge in [0.2, 0.25) is 17.8 Å². The Kier molecular flexibility index (Phi) is 7.43. The summed E-state index contributed by atoms with van der Waals surface area (Å²) >= 11 is 12.1. The molecule has 3 rings (SSSR count). The smallest absolute Gasteiger partial charge is 0.250 e. The summed E-state index contributed by atoms with van der Waals surface area (Å²) in [6.07, 6.45) is 1.67. The number of anilines is 4. The van der Waals surface area contributed by atoms with Crippen LogP contribution in [0.4, 0.5) is 23.5 Å². The van der Waals surface area contributed by atoms with E-state index in [-0.39, 0.29) is 0 Å². The quantitative estimate of drug-likeness (QED) is 0.352. The molecule has 2 aromatic carbocycles. The van der Waals surface area contributed by atoms with E-state index in [1.807, 2.05) is 56.0 Å². The second kappa shape index (κ2) is 10.2. The van der Waals surface area contributed by atoms with Crippen LogP contribution in [0.2, 0.25) is 10.0 Å². The van der Waals surface area contributed by atoms with Gasteiger partial charge in [-0.05, 0) is 56.2 Å². The van der Waals surface area contributed by atoms with E-state index in [0.717, 1.165) is 29.9 Å². The van der Waals surface area contributed by atoms with Crippen LogP contribution in [0.15, 0.2) is 47.6 Å². The molecule has 2 N–H and O–H groups in total. The minimum atomic E-state index is 0.331. The van der Waals surface area contributed by atoms with Crippen LogP contribution in [0.25, 0.3) is 0 Å². The Labute approximate surface area is 186 Å². The Balaban J connectivity index is 1.85. The zero-order chi connectivity index (χ0) is 21.5. The van der Waals surface area contributed by atoms with Gasteiger partial charge in [-0.1, -0.05) is 41.4 Å². The van der Waals surface area contributed by atoms with Crippen molar-refractivity contribution in [3.05, 3.63) is 63.6 Å². The Bertz CT molecular complexity index is 1020. The summed E-state index contributed by atoms with van der Waals surface area (Å²) in [6.45, 7) is 7.58. The van der Waals surface area contributed by atoms with Gasteiger partial charge in [-0.3, -0.25) is 0 Å². The third-order valence-electron chi connectivity index (χ3n) is 4.35. The van der Waals surface area contributed by atoms with E-state index in [0.29, 0.717) is 27.9 Å². The lowest BCUT2D eigenvalue weighted by Gasteiger charge is -2.19. The zero-order valence-corrected chi connectivity index (χ0v) is 18.5. The van der Waals surface area contributed by atoms with Gasteiger partial charge in [0.25, 0.3) is 0 Å². The van der Waals surface area contributed by atoms with Gasteiger partial charge in [0.1, 0.15) is 0 Å². The molecule has 3 aromatic rings. The molecule has 0 bridgehead atoms. The summed E-state index contributed by atoms with van der Waals surface area (Å²) in [4.78, 5) is 15.5. The number of aryl methyl sites for hydroxylation is 1. The molecule has 30 heavy (non-hydrogen) atoms. The predicted molar refractivity (Wildman–Crippen MR) is 126 cm³/mol. The molecule has 1 heterocycles. The first-order valence-corrected chi connectivity index (χ1v) is 10.3. The zero-order valence-electron chi connectivity index (χ0n) is 17.0. The van der Waals surface area contributed by atoms with Crippen molar-refractivity contribution in [3.63, 3.8) is 0 Å². The van der Waals surface area contributed by atoms with Crippen molar-refractivity contribution in [2.75, 3.05) is 28.7 Å². The van der Waals surface area contributed by atoms with Gasteiger partial charge >= 0.3 is 0 Å². The van der Waals surface area contributed by atoms with Crippen LogP contribution in [0.5, 0.6) is 0 Å². The van der Waals surface area contributed by atoms with Crippen molar-refractivity contribution in [2.24, 2.45) is 5.10 Å². The Hall–Kier alpha value is -2.90. The number of hydrazone groups is 1. The van der Waals surface area contributed by atoms with Gasteiger partial charge in [0.15, 0.2) is 0 Å². The van der Waals surface area contributed by atoms with E-state index in [1.54, 1.807) is 18.3 Å². The monoisotopic (exact) mass is 443 g/mol. The van der Waals surface area contributed by atoms with Crippen molar-refractivity contribution in [3.8, 4) is 0 Å². The highest BCUT2D eigenvalue weighted by atomic mass is 35.5. The molecule has 1 aromatic heterocycles. The lowest BCUT2D eigenvalue weighted by Crippen LogP contribution is -2.25. The van der Waals surface area contributed by atoms with Gasteiger partial charge in [-0.2, -0.15) is 20.1 Å². The number of nitrogens with one attached hydrogen (secondary N) is 2. The van der Waals surface area contributed by atoms with Crippen LogP contribution in [0, 0.1) is 6.92 Å². The number of halogens is 2. The van der Waals surface area contributed by atoms with Gasteiger partial charge in [0, 0.05) is 28.8 Å². The predicted octanol–water partition coefficient (Wildman–Crippen LogP) is 5.52. The molecule has 0 aliphatic heterocycles. The maximum absolute atomic E-state index is 6.23. The number of hydrogen-bond donors (Lipinski definition) is 2. The van der Waals surface area contributed by atoms with Crippen LogP contribution < -0.4 is 15.6 Å². The van der Waals surface area contributed by atoms with Gasteiger partial charge in [-0.15, -0.1) is 0 Å². The van der Waals surface area contributed by atoms with E-state index in [4.69, 9.17) is 23.2 Å². The minimum absolute atomic E-state index is 0.331. The summed E-state index contributed by atoms with van der Waals surface area (Å²) in [6, 6.07) is 13.1. The molecule has 0 saturated heterocycles. The highest BCUT2D eigenvalue weighted by Crippen LogP contribution is 2.23. The second-order valence-corrected chi connectivity index (χ2v) is 7.31. The minimum Gasteiger partial charge on any atom is -0.341 e. The molecule has 0 fully saturated rings. The largest absolute Gasteiger partial charge is 0.341 e. The van der Waals surface area contributed by atoms with Gasteiger partial charge in [-0.25, -0.2) is 5.43 Å². The first kappa shape index (κ1) is 21.8. The number of rotatable bonds is 8. The number of benzene rings is 2. The van der Waals surface area contributed by atoms with Crippen LogP contribution in [-0.2, 0) is 0 Å². The fourth-order valence-electron chi connectivity index (χ4n) is 2.63. The average Bonchev–Trinajstić information content (AvgIpc) is 2.73. The van der Waals surface area contributed by atoms with Crippen LogP contribution in [0.3, 0.4) is 0 Å². The molecule has 0 aliphatic carbocycles. The number of hydrogen-bond acceptors (Lipinski definition) is 7. The van der Waals surface area contributed by atoms with E-state index in [2.05, 4.69) is 30.8 Å². The van der Waals surface area contributed by atoms with E-state index in [1.165, 1.54) is 0 Å². The molecular weight excluding hydrogens is 421 g/mol. The fraction of sp³-hybridized carbons (Fsp3) is 0.238. The summed E-state index contributed by atoms with van der Waals surface area (Å²) in [7, 11) is 0. The lowest BCUT2D eigenvalue weighted by atomic mass is 10.2. The van der Waals surface area contributed by atoms with Gasteiger partial charge in [0.05, 0.1) is 6.21 Å². The molecule has 0 atom stereocenters. The van der Waals surface area contributed by atoms with Crippen molar-refractivity contribution in [1.82, 2.24) is 15.0 Å². The van der Waals surface area contributed by atoms with E-state index in [9.17, 15) is 0 Å². The van der Waals surface area contributed by atoms with Gasteiger partial charge < -0.3 is 10.2 Å². The maximum atomic E-state index is 6.23. The summed E-state index contributed by atoms with van der Waals surface area (Å²) in [5, 5.41) is 8.76. The maximum Gasteiger partial charge on any atom is 0.250 e. The Morgan fingerprint density at radius 3 is 2.33 bits per heavy atom. The topological polar surface area (TPSA) is 78.3 Å². The second-order valence-electron chi connectivity index (χ2n) is 6.47. The van der Waals surface area contributed by atoms with E-state index >= 15 is 0 Å². The van der Waals surface area contributed by atoms with E-state index < -0.39 is 0 Å². The summed E-state index contributed by atoms with van der Waals surface area (Å²) in [5.41, 5.74) is 5.57. The standard InChI is InChI=1S/C21H23Cl2N7/c1-4-30(5-2)21-27-19(25-17-11-6-14(3)18(23)12-17)26-20(28-21)29-24-13-15-7-9-16(22)10-8-15/h6-13H,4-5H2,1-3H3,(H2,25,26,27,28,29). The molecule has 7 nitrogen and oxygen atoms in total. The molecule has 0 saturated carbocycles. The highest BCUT2D eigenvalue weighted by Gasteiger charge is 2.11. The third-order valence-corrected chi connectivity index (χ3v) is 5.01. The third kappa shape index (κ3) is 5.81. The van der Waals surface area contributed by atoms with Crippen molar-refractivity contribution >= 4 is 52.9 Å². The number of nitrogens with zero attached hydrogens (tertiary/aromatic N) is 5. The fourth-order valence-corrected chi connectivity index (χ4v) is 2.94. The molecular formula is C21H23Cl2N7. The SMILES string of the molecule is CCN(CC)c1nc(NN=Cc2ccc(Cl)cc2)nc(Nc2ccc(C)c(Cl)c2)n1. The lowest BCUT2D eigenvalue weighted by molar-refractivity contribution is 0.814. The van der Waals surface area contributed by atoms with Crippen LogP contribution in [0.1, 0.15) is 25.0 Å². The summed E-state index contributed by atoms with van der Waals surface area (Å²) < 4.78 is 0. The normalized spacial score (nSPS) is 11.0. The highest BCUT2D eigenvalue weighted by molar-refractivity contribution is 6.31. The molecule has 0 unspecified atom stereocenters. The molecule has 0 amide bonds. The average molecular weight is 444 g/mol. The first-order valence-electron chi connectivity index (χ1n) is 9.57. The van der Waals surface area contributed by atoms with Crippen molar-refractivity contribution in [2.45, 2.75) is 20.8 Å². The number of aromatic nitrogens is 3. The van der Waals surface area contributed by atoms with Crippen molar-refractivity contribution in [1.29, 1.82) is 0 Å². The van der Waals surface area contributed by atoms with Crippen molar-refractivity contribution < 1.29 is 0 Å². The van der Waals surface area contributed by atoms with Crippen LogP contribution in [-0.4, -0.2) is 34.3 Å². The molecule has 0 aliphatic rings. The first-order chi connectivity index (χ1) is 14.5. The Morgan fingerprint density at radius 2 is 1.67 bits per heavy atom. The molecule has 9 heteroatoms. The summed E-state index contributed by atoms with van der Waals surface area (Å²) in [5.74, 6) is 1.29.